The first-order chi connectivity index (χ1) is 15.4. The lowest BCUT2D eigenvalue weighted by Crippen LogP contribution is -2.22. The molecule has 0 radical (unpaired) electrons. The van der Waals surface area contributed by atoms with Crippen molar-refractivity contribution in [1.29, 1.82) is 0 Å². The number of rotatable bonds is 6. The number of carboxylic acids is 1. The summed E-state index contributed by atoms with van der Waals surface area (Å²) < 4.78 is 5.93. The monoisotopic (exact) mass is 445 g/mol. The summed E-state index contributed by atoms with van der Waals surface area (Å²) in [7, 11) is 0. The lowest BCUT2D eigenvalue weighted by atomic mass is 9.82. The van der Waals surface area contributed by atoms with E-state index in [1.807, 2.05) is 27.7 Å². The predicted molar refractivity (Wildman–Crippen MR) is 137 cm³/mol. The molecular weight excluding hydrogens is 410 g/mol. The predicted octanol–water partition coefficient (Wildman–Crippen LogP) is 7.00. The first-order valence-electron chi connectivity index (χ1n) is 11.4. The van der Waals surface area contributed by atoms with Crippen LogP contribution in [-0.4, -0.2) is 17.2 Å². The largest absolute Gasteiger partial charge is 0.479 e. The first-order valence-corrected chi connectivity index (χ1v) is 11.4. The van der Waals surface area contributed by atoms with Gasteiger partial charge in [0.1, 0.15) is 0 Å². The molecule has 1 atom stereocenters. The zero-order valence-electron chi connectivity index (χ0n) is 21.0. The molecule has 1 unspecified atom stereocenters. The maximum Gasteiger partial charge on any atom is 0.337 e. The van der Waals surface area contributed by atoms with Gasteiger partial charge in [0.2, 0.25) is 0 Å². The van der Waals surface area contributed by atoms with E-state index in [2.05, 4.69) is 64.1 Å². The Kier molecular flexibility index (Phi) is 6.99. The molecule has 0 saturated heterocycles. The molecule has 0 aromatic heterocycles. The summed E-state index contributed by atoms with van der Waals surface area (Å²) in [5, 5.41) is 10.1. The third-order valence-electron chi connectivity index (χ3n) is 6.58. The van der Waals surface area contributed by atoms with Crippen LogP contribution in [0.15, 0.2) is 36.4 Å². The van der Waals surface area contributed by atoms with Crippen LogP contribution < -0.4 is 5.73 Å². The average molecular weight is 446 g/mol. The fourth-order valence-electron chi connectivity index (χ4n) is 4.44. The Morgan fingerprint density at radius 2 is 1.27 bits per heavy atom. The van der Waals surface area contributed by atoms with Gasteiger partial charge >= 0.3 is 5.97 Å². The summed E-state index contributed by atoms with van der Waals surface area (Å²) in [6.07, 6.45) is -1.37. The lowest BCUT2D eigenvalue weighted by Gasteiger charge is -2.27. The molecule has 3 aromatic rings. The van der Waals surface area contributed by atoms with Gasteiger partial charge in [-0.2, -0.15) is 0 Å². The zero-order chi connectivity index (χ0) is 24.6. The number of aryl methyl sites for hydroxylation is 4. The van der Waals surface area contributed by atoms with Gasteiger partial charge in [-0.05, 0) is 105 Å². The van der Waals surface area contributed by atoms with Crippen molar-refractivity contribution in [2.45, 2.75) is 67.6 Å². The Hall–Kier alpha value is -3.11. The second-order valence-corrected chi connectivity index (χ2v) is 9.33. The standard InChI is InChI=1S/C29H35NO3/c1-15(2)33-28(29(31)32)26-21(8)27(30)25(23-12-10-17(4)19(6)14-23)20(7)24(26)22-11-9-16(3)18(5)13-22/h9-15,28H,30H2,1-8H3,(H,31,32). The molecule has 33 heavy (non-hydrogen) atoms. The number of aliphatic carboxylic acids is 1. The van der Waals surface area contributed by atoms with Gasteiger partial charge in [-0.3, -0.25) is 0 Å². The highest BCUT2D eigenvalue weighted by Crippen LogP contribution is 2.45. The first kappa shape index (κ1) is 24.5. The van der Waals surface area contributed by atoms with E-state index in [0.717, 1.165) is 38.9 Å². The van der Waals surface area contributed by atoms with Crippen molar-refractivity contribution in [2.24, 2.45) is 0 Å². The summed E-state index contributed by atoms with van der Waals surface area (Å²) in [6, 6.07) is 12.6. The SMILES string of the molecule is Cc1ccc(-c2c(C)c(-c3ccc(C)c(C)c3)c(C(OC(C)C)C(=O)O)c(C)c2N)cc1C. The van der Waals surface area contributed by atoms with Crippen LogP contribution in [0.1, 0.15) is 58.9 Å². The van der Waals surface area contributed by atoms with Crippen molar-refractivity contribution in [3.05, 3.63) is 75.3 Å². The molecule has 0 saturated carbocycles. The molecule has 3 rings (SSSR count). The van der Waals surface area contributed by atoms with Crippen LogP contribution >= 0.6 is 0 Å². The summed E-state index contributed by atoms with van der Waals surface area (Å²) in [6.45, 7) is 15.9. The molecule has 3 aromatic carbocycles. The van der Waals surface area contributed by atoms with Crippen LogP contribution in [0.3, 0.4) is 0 Å². The molecule has 0 fully saturated rings. The summed E-state index contributed by atoms with van der Waals surface area (Å²) >= 11 is 0. The van der Waals surface area contributed by atoms with E-state index in [9.17, 15) is 9.90 Å². The number of hydrogen-bond acceptors (Lipinski definition) is 3. The highest BCUT2D eigenvalue weighted by molar-refractivity contribution is 5.93. The van der Waals surface area contributed by atoms with Crippen LogP contribution in [0.25, 0.3) is 22.3 Å². The Morgan fingerprint density at radius 3 is 1.70 bits per heavy atom. The summed E-state index contributed by atoms with van der Waals surface area (Å²) in [4.78, 5) is 12.4. The van der Waals surface area contributed by atoms with Gasteiger partial charge in [0.15, 0.2) is 6.10 Å². The Bertz CT molecular complexity index is 1220. The number of nitrogen functional groups attached to an aromatic ring is 1. The fraction of sp³-hybridized carbons (Fsp3) is 0.345. The molecule has 0 heterocycles. The van der Waals surface area contributed by atoms with Gasteiger partial charge in [0.05, 0.1) is 6.10 Å². The highest BCUT2D eigenvalue weighted by Gasteiger charge is 2.31. The quantitative estimate of drug-likeness (QED) is 0.401. The van der Waals surface area contributed by atoms with Crippen LogP contribution in [0, 0.1) is 41.5 Å². The van der Waals surface area contributed by atoms with Gasteiger partial charge in [-0.25, -0.2) is 4.79 Å². The van der Waals surface area contributed by atoms with E-state index >= 15 is 0 Å². The van der Waals surface area contributed by atoms with Crippen molar-refractivity contribution >= 4 is 11.7 Å². The van der Waals surface area contributed by atoms with E-state index < -0.39 is 12.1 Å². The molecule has 4 nitrogen and oxygen atoms in total. The van der Waals surface area contributed by atoms with E-state index in [4.69, 9.17) is 10.5 Å². The van der Waals surface area contributed by atoms with E-state index in [0.29, 0.717) is 11.3 Å². The van der Waals surface area contributed by atoms with Gasteiger partial charge in [0, 0.05) is 16.8 Å². The second-order valence-electron chi connectivity index (χ2n) is 9.33. The molecule has 4 heteroatoms. The van der Waals surface area contributed by atoms with Crippen LogP contribution in [0.5, 0.6) is 0 Å². The molecule has 0 bridgehead atoms. The highest BCUT2D eigenvalue weighted by atomic mass is 16.5. The Labute approximate surface area is 197 Å². The molecule has 0 aliphatic heterocycles. The lowest BCUT2D eigenvalue weighted by molar-refractivity contribution is -0.153. The van der Waals surface area contributed by atoms with Crippen LogP contribution in [-0.2, 0) is 9.53 Å². The Morgan fingerprint density at radius 1 is 0.788 bits per heavy atom. The zero-order valence-corrected chi connectivity index (χ0v) is 21.0. The van der Waals surface area contributed by atoms with Gasteiger partial charge in [-0.15, -0.1) is 0 Å². The summed E-state index contributed by atoms with van der Waals surface area (Å²) in [5.41, 5.74) is 18.2. The van der Waals surface area contributed by atoms with Crippen LogP contribution in [0.4, 0.5) is 5.69 Å². The second kappa shape index (κ2) is 9.40. The van der Waals surface area contributed by atoms with Gasteiger partial charge in [0.25, 0.3) is 0 Å². The molecule has 0 aliphatic carbocycles. The Balaban J connectivity index is 2.46. The van der Waals surface area contributed by atoms with Crippen molar-refractivity contribution in [1.82, 2.24) is 0 Å². The molecule has 0 aliphatic rings. The minimum absolute atomic E-state index is 0.251. The van der Waals surface area contributed by atoms with E-state index in [1.165, 1.54) is 16.7 Å². The minimum Gasteiger partial charge on any atom is -0.479 e. The maximum atomic E-state index is 12.4. The number of nitrogens with two attached hydrogens (primary N) is 1. The normalized spacial score (nSPS) is 12.3. The minimum atomic E-state index is -1.11. The number of hydrogen-bond donors (Lipinski definition) is 2. The molecule has 3 N–H and O–H groups in total. The van der Waals surface area contributed by atoms with Crippen molar-refractivity contribution < 1.29 is 14.6 Å². The third-order valence-corrected chi connectivity index (χ3v) is 6.58. The number of carboxylic acid groups (broad SMARTS) is 1. The van der Waals surface area contributed by atoms with Crippen LogP contribution in [0.2, 0.25) is 0 Å². The number of anilines is 1. The summed E-state index contributed by atoms with van der Waals surface area (Å²) in [5.74, 6) is -1.02. The van der Waals surface area contributed by atoms with Crippen molar-refractivity contribution in [3.63, 3.8) is 0 Å². The van der Waals surface area contributed by atoms with Gasteiger partial charge in [-0.1, -0.05) is 36.4 Å². The smallest absolute Gasteiger partial charge is 0.337 e. The van der Waals surface area contributed by atoms with E-state index in [-0.39, 0.29) is 6.10 Å². The maximum absolute atomic E-state index is 12.4. The average Bonchev–Trinajstić information content (AvgIpc) is 2.73. The molecule has 0 spiro atoms. The van der Waals surface area contributed by atoms with E-state index in [1.54, 1.807) is 0 Å². The molecule has 0 amide bonds. The number of benzene rings is 3. The molecular formula is C29H35NO3. The fourth-order valence-corrected chi connectivity index (χ4v) is 4.44. The topological polar surface area (TPSA) is 72.5 Å². The van der Waals surface area contributed by atoms with Gasteiger partial charge < -0.3 is 15.6 Å². The number of ether oxygens (including phenoxy) is 1. The third kappa shape index (κ3) is 4.67. The molecule has 174 valence electrons. The van der Waals surface area contributed by atoms with Crippen molar-refractivity contribution in [2.75, 3.05) is 5.73 Å². The number of carbonyl (C=O) groups is 1. The van der Waals surface area contributed by atoms with Crippen molar-refractivity contribution in [3.8, 4) is 22.3 Å².